The molecule has 1 atom stereocenters. The van der Waals surface area contributed by atoms with E-state index in [-0.39, 0.29) is 11.8 Å². The lowest BCUT2D eigenvalue weighted by Gasteiger charge is -2.34. The quantitative estimate of drug-likeness (QED) is 0.607. The van der Waals surface area contributed by atoms with Crippen LogP contribution in [0.4, 0.5) is 5.82 Å². The maximum absolute atomic E-state index is 13.2. The summed E-state index contributed by atoms with van der Waals surface area (Å²) in [7, 11) is 0. The van der Waals surface area contributed by atoms with Crippen molar-refractivity contribution in [2.75, 3.05) is 44.2 Å². The Kier molecular flexibility index (Phi) is 5.59. The molecule has 6 nitrogen and oxygen atoms in total. The van der Waals surface area contributed by atoms with Crippen LogP contribution in [0.1, 0.15) is 38.9 Å². The third kappa shape index (κ3) is 3.86. The van der Waals surface area contributed by atoms with Crippen LogP contribution in [0.25, 0.3) is 10.1 Å². The molecule has 0 aliphatic carbocycles. The summed E-state index contributed by atoms with van der Waals surface area (Å²) in [6.07, 6.45) is 2.89. The second kappa shape index (κ2) is 8.54. The molecular formula is C25H28N4O2S. The Morgan fingerprint density at radius 2 is 1.72 bits per heavy atom. The van der Waals surface area contributed by atoms with E-state index in [1.165, 1.54) is 0 Å². The van der Waals surface area contributed by atoms with Crippen molar-refractivity contribution in [3.05, 3.63) is 58.6 Å². The van der Waals surface area contributed by atoms with Crippen LogP contribution in [0, 0.1) is 12.8 Å². The molecule has 0 radical (unpaired) electrons. The smallest absolute Gasteiger partial charge is 0.264 e. The first-order valence-corrected chi connectivity index (χ1v) is 12.1. The van der Waals surface area contributed by atoms with Crippen molar-refractivity contribution < 1.29 is 9.59 Å². The average Bonchev–Trinajstić information content (AvgIpc) is 3.42. The maximum atomic E-state index is 13.2. The number of carbonyl (C=O) groups is 2. The first-order valence-electron chi connectivity index (χ1n) is 11.3. The van der Waals surface area contributed by atoms with Gasteiger partial charge in [0.15, 0.2) is 0 Å². The predicted molar refractivity (Wildman–Crippen MR) is 129 cm³/mol. The molecule has 166 valence electrons. The number of benzene rings is 1. The van der Waals surface area contributed by atoms with Gasteiger partial charge < -0.3 is 14.7 Å². The van der Waals surface area contributed by atoms with E-state index in [0.29, 0.717) is 37.7 Å². The van der Waals surface area contributed by atoms with Gasteiger partial charge in [0, 0.05) is 55.7 Å². The fourth-order valence-corrected chi connectivity index (χ4v) is 5.86. The van der Waals surface area contributed by atoms with Crippen LogP contribution in [0.3, 0.4) is 0 Å². The molecule has 2 amide bonds. The number of hydrogen-bond donors (Lipinski definition) is 0. The minimum Gasteiger partial charge on any atom is -0.356 e. The molecule has 32 heavy (non-hydrogen) atoms. The molecule has 1 unspecified atom stereocenters. The Labute approximate surface area is 192 Å². The summed E-state index contributed by atoms with van der Waals surface area (Å²) < 4.78 is 1.14. The molecule has 4 heterocycles. The first-order chi connectivity index (χ1) is 15.5. The van der Waals surface area contributed by atoms with E-state index in [1.54, 1.807) is 23.6 Å². The van der Waals surface area contributed by atoms with Crippen molar-refractivity contribution in [2.24, 2.45) is 5.92 Å². The zero-order valence-electron chi connectivity index (χ0n) is 18.6. The van der Waals surface area contributed by atoms with Crippen molar-refractivity contribution in [3.63, 3.8) is 0 Å². The highest BCUT2D eigenvalue weighted by atomic mass is 32.1. The third-order valence-corrected chi connectivity index (χ3v) is 7.89. The first kappa shape index (κ1) is 20.9. The Bertz CT molecular complexity index is 1170. The number of thiophene rings is 1. The van der Waals surface area contributed by atoms with E-state index in [1.807, 2.05) is 34.9 Å². The standard InChI is InChI=1S/C25H28N4O2S/c1-17-8-10-29(16-17)22-15-19(7-9-26-22)24(30)27-11-13-28(14-12-27)25(31)23-18(2)20-5-3-4-6-21(20)32-23/h3-7,9,15,17H,8,10-14,16H2,1-2H3. The lowest BCUT2D eigenvalue weighted by atomic mass is 10.1. The number of amides is 2. The molecule has 0 N–H and O–H groups in total. The fourth-order valence-electron chi connectivity index (χ4n) is 4.68. The molecule has 5 rings (SSSR count). The molecule has 2 saturated heterocycles. The number of aromatic nitrogens is 1. The second-order valence-corrected chi connectivity index (χ2v) is 9.93. The summed E-state index contributed by atoms with van der Waals surface area (Å²) in [6, 6.07) is 11.9. The molecule has 1 aromatic carbocycles. The molecule has 7 heteroatoms. The van der Waals surface area contributed by atoms with Crippen molar-refractivity contribution in [1.29, 1.82) is 0 Å². The van der Waals surface area contributed by atoms with E-state index in [0.717, 1.165) is 45.9 Å². The number of piperazine rings is 1. The predicted octanol–water partition coefficient (Wildman–Crippen LogP) is 4.05. The maximum Gasteiger partial charge on any atom is 0.264 e. The van der Waals surface area contributed by atoms with Gasteiger partial charge in [-0.1, -0.05) is 25.1 Å². The number of fused-ring (bicyclic) bond motifs is 1. The van der Waals surface area contributed by atoms with Crippen molar-refractivity contribution in [1.82, 2.24) is 14.8 Å². The molecule has 0 bridgehead atoms. The zero-order chi connectivity index (χ0) is 22.2. The molecule has 2 aliphatic rings. The van der Waals surface area contributed by atoms with Crippen molar-refractivity contribution in [2.45, 2.75) is 20.3 Å². The number of anilines is 1. The van der Waals surface area contributed by atoms with Crippen LogP contribution in [0.15, 0.2) is 42.6 Å². The lowest BCUT2D eigenvalue weighted by molar-refractivity contribution is 0.0537. The molecular weight excluding hydrogens is 420 g/mol. The summed E-state index contributed by atoms with van der Waals surface area (Å²) in [5, 5.41) is 1.15. The van der Waals surface area contributed by atoms with Gasteiger partial charge >= 0.3 is 0 Å². The summed E-state index contributed by atoms with van der Waals surface area (Å²) in [5.41, 5.74) is 1.73. The van der Waals surface area contributed by atoms with Gasteiger partial charge in [0.2, 0.25) is 0 Å². The van der Waals surface area contributed by atoms with Gasteiger partial charge in [-0.25, -0.2) is 4.98 Å². The summed E-state index contributed by atoms with van der Waals surface area (Å²) >= 11 is 1.56. The minimum absolute atomic E-state index is 0.0195. The van der Waals surface area contributed by atoms with Crippen molar-refractivity contribution in [3.8, 4) is 0 Å². The molecule has 0 spiro atoms. The lowest BCUT2D eigenvalue weighted by Crippen LogP contribution is -2.50. The van der Waals surface area contributed by atoms with Gasteiger partial charge in [0.05, 0.1) is 4.88 Å². The van der Waals surface area contributed by atoms with E-state index in [4.69, 9.17) is 0 Å². The highest BCUT2D eigenvalue weighted by molar-refractivity contribution is 7.21. The van der Waals surface area contributed by atoms with Gasteiger partial charge in [-0.3, -0.25) is 9.59 Å². The highest BCUT2D eigenvalue weighted by Gasteiger charge is 2.28. The summed E-state index contributed by atoms with van der Waals surface area (Å²) in [6.45, 7) is 8.45. The van der Waals surface area contributed by atoms with Gasteiger partial charge in [0.25, 0.3) is 11.8 Å². The number of carbonyl (C=O) groups excluding carboxylic acids is 2. The van der Waals surface area contributed by atoms with Gasteiger partial charge in [-0.2, -0.15) is 0 Å². The normalized spacial score (nSPS) is 19.1. The topological polar surface area (TPSA) is 56.8 Å². The minimum atomic E-state index is 0.0195. The van der Waals surface area contributed by atoms with Crippen molar-refractivity contribution >= 4 is 39.1 Å². The Balaban J connectivity index is 1.25. The molecule has 3 aromatic rings. The van der Waals surface area contributed by atoms with Gasteiger partial charge in [0.1, 0.15) is 5.82 Å². The fraction of sp³-hybridized carbons (Fsp3) is 0.400. The number of hydrogen-bond acceptors (Lipinski definition) is 5. The SMILES string of the molecule is Cc1c(C(=O)N2CCN(C(=O)c3ccnc(N4CCC(C)C4)c3)CC2)sc2ccccc12. The van der Waals surface area contributed by atoms with E-state index in [2.05, 4.69) is 28.9 Å². The number of aryl methyl sites for hydroxylation is 1. The monoisotopic (exact) mass is 448 g/mol. The summed E-state index contributed by atoms with van der Waals surface area (Å²) in [4.78, 5) is 37.6. The third-order valence-electron chi connectivity index (χ3n) is 6.63. The Morgan fingerprint density at radius 1 is 1.00 bits per heavy atom. The Morgan fingerprint density at radius 3 is 2.41 bits per heavy atom. The summed E-state index contributed by atoms with van der Waals surface area (Å²) in [5.74, 6) is 1.64. The van der Waals surface area contributed by atoms with Crippen LogP contribution in [0.2, 0.25) is 0 Å². The Hall–Kier alpha value is -2.93. The second-order valence-electron chi connectivity index (χ2n) is 8.88. The molecule has 2 aliphatic heterocycles. The number of nitrogens with zero attached hydrogens (tertiary/aromatic N) is 4. The van der Waals surface area contributed by atoms with Crippen LogP contribution in [-0.4, -0.2) is 65.9 Å². The van der Waals surface area contributed by atoms with Crippen LogP contribution < -0.4 is 4.90 Å². The largest absolute Gasteiger partial charge is 0.356 e. The van der Waals surface area contributed by atoms with Crippen LogP contribution in [0.5, 0.6) is 0 Å². The molecule has 2 aromatic heterocycles. The average molecular weight is 449 g/mol. The van der Waals surface area contributed by atoms with E-state index in [9.17, 15) is 9.59 Å². The van der Waals surface area contributed by atoms with Crippen LogP contribution in [-0.2, 0) is 0 Å². The van der Waals surface area contributed by atoms with E-state index < -0.39 is 0 Å². The van der Waals surface area contributed by atoms with E-state index >= 15 is 0 Å². The highest BCUT2D eigenvalue weighted by Crippen LogP contribution is 2.31. The zero-order valence-corrected chi connectivity index (χ0v) is 19.4. The number of rotatable bonds is 3. The number of pyridine rings is 1. The van der Waals surface area contributed by atoms with Gasteiger partial charge in [-0.05, 0) is 48.4 Å². The van der Waals surface area contributed by atoms with Gasteiger partial charge in [-0.15, -0.1) is 11.3 Å². The molecule has 2 fully saturated rings. The van der Waals surface area contributed by atoms with Crippen LogP contribution >= 0.6 is 11.3 Å². The molecule has 0 saturated carbocycles.